The molecule has 0 N–H and O–H groups in total. The second-order valence-electron chi connectivity index (χ2n) is 4.34. The number of nitriles is 1. The predicted molar refractivity (Wildman–Crippen MR) is 84.1 cm³/mol. The number of hydrogen-bond acceptors (Lipinski definition) is 6. The minimum Gasteiger partial charge on any atom is -0.497 e. The van der Waals surface area contributed by atoms with Crippen molar-refractivity contribution in [1.82, 2.24) is 10.1 Å². The molecule has 0 aliphatic heterocycles. The SMILES string of the molecule is COc1ccc(/C=C(\C#N)c2nc(-c3cccs3)no2)cc1. The fourth-order valence-electron chi connectivity index (χ4n) is 1.85. The van der Waals surface area contributed by atoms with Gasteiger partial charge in [-0.25, -0.2) is 0 Å². The van der Waals surface area contributed by atoms with Crippen LogP contribution >= 0.6 is 11.3 Å². The van der Waals surface area contributed by atoms with Crippen LogP contribution in [0.15, 0.2) is 46.3 Å². The van der Waals surface area contributed by atoms with Gasteiger partial charge in [-0.3, -0.25) is 0 Å². The Hall–Kier alpha value is -2.91. The van der Waals surface area contributed by atoms with Gasteiger partial charge in [-0.05, 0) is 35.2 Å². The molecule has 3 rings (SSSR count). The number of rotatable bonds is 4. The summed E-state index contributed by atoms with van der Waals surface area (Å²) in [4.78, 5) is 5.17. The van der Waals surface area contributed by atoms with Crippen LogP contribution < -0.4 is 4.74 Å². The first kappa shape index (κ1) is 14.0. The van der Waals surface area contributed by atoms with Crippen LogP contribution in [0.1, 0.15) is 11.5 Å². The highest BCUT2D eigenvalue weighted by Crippen LogP contribution is 2.24. The smallest absolute Gasteiger partial charge is 0.268 e. The van der Waals surface area contributed by atoms with Gasteiger partial charge in [0.05, 0.1) is 12.0 Å². The van der Waals surface area contributed by atoms with E-state index in [4.69, 9.17) is 9.26 Å². The number of thiophene rings is 1. The molecule has 5 nitrogen and oxygen atoms in total. The van der Waals surface area contributed by atoms with Crippen LogP contribution in [0.3, 0.4) is 0 Å². The topological polar surface area (TPSA) is 71.9 Å². The molecule has 0 bridgehead atoms. The van der Waals surface area contributed by atoms with Crippen molar-refractivity contribution in [1.29, 1.82) is 5.26 Å². The Balaban J connectivity index is 1.90. The van der Waals surface area contributed by atoms with E-state index in [0.717, 1.165) is 16.2 Å². The lowest BCUT2D eigenvalue weighted by molar-refractivity contribution is 0.409. The Kier molecular flexibility index (Phi) is 3.99. The van der Waals surface area contributed by atoms with E-state index in [-0.39, 0.29) is 5.89 Å². The Bertz CT molecular complexity index is 827. The third-order valence-corrected chi connectivity index (χ3v) is 3.81. The summed E-state index contributed by atoms with van der Waals surface area (Å²) < 4.78 is 10.3. The van der Waals surface area contributed by atoms with Gasteiger partial charge in [0.25, 0.3) is 5.89 Å². The molecule has 1 aromatic carbocycles. The van der Waals surface area contributed by atoms with Crippen molar-refractivity contribution in [2.45, 2.75) is 0 Å². The Labute approximate surface area is 131 Å². The average Bonchev–Trinajstić information content (AvgIpc) is 3.24. The average molecular weight is 309 g/mol. The van der Waals surface area contributed by atoms with Crippen LogP contribution in [-0.2, 0) is 0 Å². The maximum Gasteiger partial charge on any atom is 0.268 e. The maximum absolute atomic E-state index is 9.31. The molecule has 2 aromatic heterocycles. The van der Waals surface area contributed by atoms with Crippen LogP contribution in [0.5, 0.6) is 5.75 Å². The van der Waals surface area contributed by atoms with Gasteiger partial charge >= 0.3 is 0 Å². The van der Waals surface area contributed by atoms with Gasteiger partial charge in [-0.2, -0.15) is 10.2 Å². The van der Waals surface area contributed by atoms with Crippen LogP contribution in [0.2, 0.25) is 0 Å². The van der Waals surface area contributed by atoms with Gasteiger partial charge in [-0.1, -0.05) is 23.4 Å². The van der Waals surface area contributed by atoms with Gasteiger partial charge in [-0.15, -0.1) is 11.3 Å². The van der Waals surface area contributed by atoms with Crippen LogP contribution in [-0.4, -0.2) is 17.3 Å². The lowest BCUT2D eigenvalue weighted by Crippen LogP contribution is -1.84. The summed E-state index contributed by atoms with van der Waals surface area (Å²) >= 11 is 1.52. The Morgan fingerprint density at radius 1 is 1.32 bits per heavy atom. The van der Waals surface area contributed by atoms with E-state index in [9.17, 15) is 5.26 Å². The van der Waals surface area contributed by atoms with Gasteiger partial charge in [0, 0.05) is 0 Å². The zero-order valence-electron chi connectivity index (χ0n) is 11.7. The van der Waals surface area contributed by atoms with Crippen molar-refractivity contribution >= 4 is 23.0 Å². The Morgan fingerprint density at radius 2 is 2.14 bits per heavy atom. The van der Waals surface area contributed by atoms with E-state index in [1.54, 1.807) is 13.2 Å². The first-order valence-corrected chi connectivity index (χ1v) is 7.32. The molecule has 0 radical (unpaired) electrons. The maximum atomic E-state index is 9.31. The van der Waals surface area contributed by atoms with Crippen LogP contribution in [0.25, 0.3) is 22.4 Å². The number of ether oxygens (including phenoxy) is 1. The summed E-state index contributed by atoms with van der Waals surface area (Å²) in [6.07, 6.45) is 1.70. The summed E-state index contributed by atoms with van der Waals surface area (Å²) in [5.41, 5.74) is 1.17. The van der Waals surface area contributed by atoms with E-state index in [0.29, 0.717) is 11.4 Å². The molecule has 108 valence electrons. The fraction of sp³-hybridized carbons (Fsp3) is 0.0625. The van der Waals surface area contributed by atoms with Crippen molar-refractivity contribution in [3.8, 4) is 22.5 Å². The minimum absolute atomic E-state index is 0.210. The molecule has 2 heterocycles. The quantitative estimate of drug-likeness (QED) is 0.684. The number of nitrogens with zero attached hydrogens (tertiary/aromatic N) is 3. The third kappa shape index (κ3) is 2.90. The van der Waals surface area contributed by atoms with E-state index in [2.05, 4.69) is 16.2 Å². The van der Waals surface area contributed by atoms with Crippen molar-refractivity contribution < 1.29 is 9.26 Å². The normalized spacial score (nSPS) is 11.2. The molecule has 0 amide bonds. The highest BCUT2D eigenvalue weighted by molar-refractivity contribution is 7.13. The molecule has 0 fully saturated rings. The number of methoxy groups -OCH3 is 1. The minimum atomic E-state index is 0.210. The Morgan fingerprint density at radius 3 is 2.77 bits per heavy atom. The largest absolute Gasteiger partial charge is 0.497 e. The van der Waals surface area contributed by atoms with E-state index < -0.39 is 0 Å². The molecule has 3 aromatic rings. The second kappa shape index (κ2) is 6.24. The highest BCUT2D eigenvalue weighted by atomic mass is 32.1. The van der Waals surface area contributed by atoms with Gasteiger partial charge < -0.3 is 9.26 Å². The molecule has 6 heteroatoms. The zero-order chi connectivity index (χ0) is 15.4. The summed E-state index contributed by atoms with van der Waals surface area (Å²) in [6.45, 7) is 0. The molecule has 0 saturated carbocycles. The predicted octanol–water partition coefficient (Wildman–Crippen LogP) is 3.87. The number of benzene rings is 1. The van der Waals surface area contributed by atoms with Crippen molar-refractivity contribution in [3.63, 3.8) is 0 Å². The molecular weight excluding hydrogens is 298 g/mol. The first-order valence-electron chi connectivity index (χ1n) is 6.44. The molecule has 0 spiro atoms. The highest BCUT2D eigenvalue weighted by Gasteiger charge is 2.13. The summed E-state index contributed by atoms with van der Waals surface area (Å²) in [5.74, 6) is 1.45. The molecular formula is C16H11N3O2S. The number of aromatic nitrogens is 2. The van der Waals surface area contributed by atoms with Crippen LogP contribution in [0.4, 0.5) is 0 Å². The van der Waals surface area contributed by atoms with E-state index >= 15 is 0 Å². The standard InChI is InChI=1S/C16H11N3O2S/c1-20-13-6-4-11(5-7-13)9-12(10-17)16-18-15(19-21-16)14-3-2-8-22-14/h2-9H,1H3/b12-9+. The van der Waals surface area contributed by atoms with Crippen molar-refractivity contribution in [2.75, 3.05) is 7.11 Å². The van der Waals surface area contributed by atoms with Crippen molar-refractivity contribution in [3.05, 3.63) is 53.2 Å². The fourth-order valence-corrected chi connectivity index (χ4v) is 2.50. The number of hydrogen-bond donors (Lipinski definition) is 0. The number of allylic oxidation sites excluding steroid dienone is 1. The van der Waals surface area contributed by atoms with E-state index in [1.807, 2.05) is 41.8 Å². The summed E-state index contributed by atoms with van der Waals surface area (Å²) in [6, 6.07) is 13.3. The third-order valence-electron chi connectivity index (χ3n) is 2.95. The second-order valence-corrected chi connectivity index (χ2v) is 5.29. The molecule has 0 saturated heterocycles. The molecule has 22 heavy (non-hydrogen) atoms. The van der Waals surface area contributed by atoms with Gasteiger partial charge in [0.15, 0.2) is 0 Å². The molecule has 0 aliphatic rings. The lowest BCUT2D eigenvalue weighted by Gasteiger charge is -1.99. The summed E-state index contributed by atoms with van der Waals surface area (Å²) in [7, 11) is 1.61. The first-order chi connectivity index (χ1) is 10.8. The molecule has 0 unspecified atom stereocenters. The van der Waals surface area contributed by atoms with Gasteiger partial charge in [0.1, 0.15) is 17.4 Å². The van der Waals surface area contributed by atoms with Gasteiger partial charge in [0.2, 0.25) is 5.82 Å². The molecule has 0 atom stereocenters. The van der Waals surface area contributed by atoms with Crippen molar-refractivity contribution in [2.24, 2.45) is 0 Å². The molecule has 0 aliphatic carbocycles. The van der Waals surface area contributed by atoms with Crippen LogP contribution in [0, 0.1) is 11.3 Å². The zero-order valence-corrected chi connectivity index (χ0v) is 12.5. The monoisotopic (exact) mass is 309 g/mol. The van der Waals surface area contributed by atoms with E-state index in [1.165, 1.54) is 11.3 Å². The summed E-state index contributed by atoms with van der Waals surface area (Å²) in [5, 5.41) is 15.2. The lowest BCUT2D eigenvalue weighted by atomic mass is 10.1.